The first-order valence-electron chi connectivity index (χ1n) is 10.5. The third-order valence-corrected chi connectivity index (χ3v) is 7.81. The van der Waals surface area contributed by atoms with Gasteiger partial charge in [-0.25, -0.2) is 0 Å². The molecule has 30 heavy (non-hydrogen) atoms. The average molecular weight is 512 g/mol. The van der Waals surface area contributed by atoms with E-state index in [9.17, 15) is 4.79 Å². The summed E-state index contributed by atoms with van der Waals surface area (Å²) < 4.78 is 18.5. The highest BCUT2D eigenvalue weighted by atomic mass is 79.9. The maximum Gasteiger partial charge on any atom is 0.229 e. The second-order valence-corrected chi connectivity index (χ2v) is 11.7. The molecule has 0 aliphatic heterocycles. The Kier molecular flexibility index (Phi) is 8.96. The highest BCUT2D eigenvalue weighted by Crippen LogP contribution is 2.45. The van der Waals surface area contributed by atoms with E-state index in [0.717, 1.165) is 27.8 Å². The fourth-order valence-electron chi connectivity index (χ4n) is 4.82. The summed E-state index contributed by atoms with van der Waals surface area (Å²) in [6.45, 7) is 15.0. The standard InChI is InChI=1S/C23H35BrO4Si2/c1-14-9-19(25)17(22(2,3)13-14)10-15-11-20(26-6)18(24)12-16(15)23(4,5)21(27-29-7)28-30-8/h11-12,14,17,21H,9-10,13H2,1-8H3. The molecule has 166 valence electrons. The van der Waals surface area contributed by atoms with E-state index in [4.69, 9.17) is 13.6 Å². The number of halogens is 1. The Labute approximate surface area is 195 Å². The van der Waals surface area contributed by atoms with Gasteiger partial charge in [0.15, 0.2) is 0 Å². The first-order valence-corrected chi connectivity index (χ1v) is 14.1. The molecule has 4 radical (unpaired) electrons. The summed E-state index contributed by atoms with van der Waals surface area (Å²) in [6, 6.07) is 4.20. The number of rotatable bonds is 9. The van der Waals surface area contributed by atoms with Crippen LogP contribution in [0.3, 0.4) is 0 Å². The molecule has 1 fully saturated rings. The van der Waals surface area contributed by atoms with Gasteiger partial charge in [0.1, 0.15) is 17.8 Å². The fraction of sp³-hybridized carbons (Fsp3) is 0.696. The lowest BCUT2D eigenvalue weighted by molar-refractivity contribution is -0.131. The normalized spacial score (nSPS) is 21.9. The van der Waals surface area contributed by atoms with Crippen molar-refractivity contribution in [3.8, 4) is 5.75 Å². The van der Waals surface area contributed by atoms with E-state index in [-0.39, 0.29) is 23.0 Å². The minimum atomic E-state index is -0.384. The lowest BCUT2D eigenvalue weighted by Gasteiger charge is -2.42. The van der Waals surface area contributed by atoms with Crippen LogP contribution in [0.15, 0.2) is 16.6 Å². The second kappa shape index (κ2) is 10.4. The molecule has 1 aromatic rings. The van der Waals surface area contributed by atoms with Crippen LogP contribution in [-0.2, 0) is 25.5 Å². The molecule has 2 unspecified atom stereocenters. The average Bonchev–Trinajstić information content (AvgIpc) is 2.64. The number of Topliss-reactive ketones (excluding diaryl/α,β-unsaturated/α-hetero) is 1. The smallest absolute Gasteiger partial charge is 0.229 e. The van der Waals surface area contributed by atoms with Crippen LogP contribution in [0.25, 0.3) is 0 Å². The SMILES string of the molecule is COc1cc(CC2C(=O)CC(C)CC2(C)C)c(C(C)(C)C(O[Si]C)O[Si]C)cc1Br. The third kappa shape index (κ3) is 5.65. The predicted octanol–water partition coefficient (Wildman–Crippen LogP) is 5.61. The molecule has 1 saturated carbocycles. The Hall–Kier alpha value is -0.476. The minimum Gasteiger partial charge on any atom is -0.496 e. The topological polar surface area (TPSA) is 44.8 Å². The van der Waals surface area contributed by atoms with Crippen LogP contribution in [0, 0.1) is 17.3 Å². The summed E-state index contributed by atoms with van der Waals surface area (Å²) >= 11 is 3.66. The summed E-state index contributed by atoms with van der Waals surface area (Å²) in [4.78, 5) is 13.1. The molecule has 1 aliphatic carbocycles. The summed E-state index contributed by atoms with van der Waals surface area (Å²) in [7, 11) is 2.35. The van der Waals surface area contributed by atoms with Crippen LogP contribution < -0.4 is 4.74 Å². The fourth-order valence-corrected chi connectivity index (χ4v) is 6.54. The number of benzene rings is 1. The summed E-state index contributed by atoms with van der Waals surface area (Å²) in [5, 5.41) is 0. The van der Waals surface area contributed by atoms with Gasteiger partial charge in [0, 0.05) is 17.8 Å². The predicted molar refractivity (Wildman–Crippen MR) is 127 cm³/mol. The molecule has 0 bridgehead atoms. The number of carbonyl (C=O) groups excluding carboxylic acids is 1. The quantitative estimate of drug-likeness (QED) is 0.319. The van der Waals surface area contributed by atoms with Crippen LogP contribution in [0.2, 0.25) is 13.1 Å². The van der Waals surface area contributed by atoms with Crippen LogP contribution in [0.5, 0.6) is 5.75 Å². The van der Waals surface area contributed by atoms with Crippen molar-refractivity contribution < 1.29 is 18.4 Å². The highest BCUT2D eigenvalue weighted by Gasteiger charge is 2.42. The lowest BCUT2D eigenvalue weighted by atomic mass is 9.62. The van der Waals surface area contributed by atoms with E-state index < -0.39 is 0 Å². The Balaban J connectivity index is 2.54. The molecule has 0 N–H and O–H groups in total. The molecular weight excluding hydrogens is 476 g/mol. The number of hydrogen-bond donors (Lipinski definition) is 0. The number of ether oxygens (including phenoxy) is 1. The van der Waals surface area contributed by atoms with Crippen molar-refractivity contribution in [2.75, 3.05) is 7.11 Å². The van der Waals surface area contributed by atoms with Crippen LogP contribution in [-0.4, -0.2) is 38.7 Å². The zero-order valence-corrected chi connectivity index (χ0v) is 23.1. The Morgan fingerprint density at radius 1 is 1.23 bits per heavy atom. The monoisotopic (exact) mass is 510 g/mol. The van der Waals surface area contributed by atoms with Crippen molar-refractivity contribution in [3.05, 3.63) is 27.7 Å². The number of hydrogen-bond acceptors (Lipinski definition) is 4. The van der Waals surface area contributed by atoms with Crippen molar-refractivity contribution in [3.63, 3.8) is 0 Å². The zero-order valence-electron chi connectivity index (χ0n) is 19.5. The molecule has 0 spiro atoms. The molecule has 0 saturated heterocycles. The summed E-state index contributed by atoms with van der Waals surface area (Å²) in [5.74, 6) is 1.60. The number of methoxy groups -OCH3 is 1. The van der Waals surface area contributed by atoms with Crippen molar-refractivity contribution in [1.29, 1.82) is 0 Å². The van der Waals surface area contributed by atoms with Crippen molar-refractivity contribution in [2.24, 2.45) is 17.3 Å². The van der Waals surface area contributed by atoms with Gasteiger partial charge < -0.3 is 13.6 Å². The van der Waals surface area contributed by atoms with E-state index in [0.29, 0.717) is 44.1 Å². The van der Waals surface area contributed by atoms with E-state index in [1.165, 1.54) is 0 Å². The van der Waals surface area contributed by atoms with E-state index in [1.807, 2.05) is 13.1 Å². The molecule has 0 amide bonds. The maximum atomic E-state index is 13.1. The highest BCUT2D eigenvalue weighted by molar-refractivity contribution is 9.10. The van der Waals surface area contributed by atoms with Gasteiger partial charge in [0.05, 0.1) is 11.6 Å². The first kappa shape index (κ1) is 25.8. The maximum absolute atomic E-state index is 13.1. The van der Waals surface area contributed by atoms with Gasteiger partial charge in [-0.05, 0) is 76.5 Å². The Morgan fingerprint density at radius 3 is 2.33 bits per heavy atom. The van der Waals surface area contributed by atoms with Gasteiger partial charge in [-0.15, -0.1) is 0 Å². The van der Waals surface area contributed by atoms with Crippen LogP contribution >= 0.6 is 15.9 Å². The van der Waals surface area contributed by atoms with Crippen LogP contribution in [0.1, 0.15) is 58.6 Å². The molecule has 2 rings (SSSR count). The van der Waals surface area contributed by atoms with Crippen molar-refractivity contribution >= 4 is 41.2 Å². The van der Waals surface area contributed by atoms with Crippen molar-refractivity contribution in [2.45, 2.75) is 78.7 Å². The first-order chi connectivity index (χ1) is 14.0. The largest absolute Gasteiger partial charge is 0.496 e. The Bertz CT molecular complexity index is 745. The van der Waals surface area contributed by atoms with Crippen molar-refractivity contribution in [1.82, 2.24) is 0 Å². The van der Waals surface area contributed by atoms with Crippen LogP contribution in [0.4, 0.5) is 0 Å². The van der Waals surface area contributed by atoms with Gasteiger partial charge in [0.2, 0.25) is 19.5 Å². The van der Waals surface area contributed by atoms with Gasteiger partial charge in [-0.1, -0.05) is 34.6 Å². The van der Waals surface area contributed by atoms with Gasteiger partial charge in [-0.2, -0.15) is 0 Å². The van der Waals surface area contributed by atoms with Gasteiger partial charge in [-0.3, -0.25) is 4.79 Å². The van der Waals surface area contributed by atoms with E-state index >= 15 is 0 Å². The van der Waals surface area contributed by atoms with E-state index in [2.05, 4.69) is 62.7 Å². The molecular formula is C23H35BrO4Si2. The number of ketones is 1. The van der Waals surface area contributed by atoms with Gasteiger partial charge >= 0.3 is 0 Å². The molecule has 2 atom stereocenters. The minimum absolute atomic E-state index is 0.00415. The third-order valence-electron chi connectivity index (χ3n) is 6.29. The van der Waals surface area contributed by atoms with Gasteiger partial charge in [0.25, 0.3) is 0 Å². The summed E-state index contributed by atoms with van der Waals surface area (Å²) in [6.07, 6.45) is 2.09. The lowest BCUT2D eigenvalue weighted by Crippen LogP contribution is -2.42. The molecule has 7 heteroatoms. The Morgan fingerprint density at radius 2 is 1.83 bits per heavy atom. The number of carbonyl (C=O) groups is 1. The molecule has 4 nitrogen and oxygen atoms in total. The van der Waals surface area contributed by atoms with E-state index in [1.54, 1.807) is 7.11 Å². The molecule has 1 aliphatic rings. The molecule has 0 heterocycles. The molecule has 1 aromatic carbocycles. The second-order valence-electron chi connectivity index (χ2n) is 9.57. The summed E-state index contributed by atoms with van der Waals surface area (Å²) in [5.41, 5.74) is 1.86. The molecule has 0 aromatic heterocycles. The zero-order chi connectivity index (χ0) is 22.7.